The van der Waals surface area contributed by atoms with Gasteiger partial charge in [0.05, 0.1) is 36.9 Å². The molecule has 33 nitrogen and oxygen atoms in total. The van der Waals surface area contributed by atoms with Gasteiger partial charge in [0.2, 0.25) is 59.1 Å². The molecule has 1 heterocycles. The summed E-state index contributed by atoms with van der Waals surface area (Å²) in [5.41, 5.74) is 5.68. The van der Waals surface area contributed by atoms with Crippen LogP contribution in [0.4, 0.5) is 0 Å². The number of nitrogens with two attached hydrogens (primary N) is 1. The van der Waals surface area contributed by atoms with Gasteiger partial charge in [-0.3, -0.25) is 62.3 Å². The first-order valence-corrected chi connectivity index (χ1v) is 29.0. The molecular formula is C56H90N12O21. The van der Waals surface area contributed by atoms with Crippen LogP contribution in [0.5, 0.6) is 0 Å². The number of unbranched alkanes of at least 4 members (excludes halogenated alkanes) is 1. The fraction of sp³-hybridized carbons (Fsp3) is 0.661. The average Bonchev–Trinajstić information content (AvgIpc) is 3.62. The summed E-state index contributed by atoms with van der Waals surface area (Å²) in [5.74, 6) is -24.9. The quantitative estimate of drug-likeness (QED) is 0.0158. The molecule has 500 valence electrons. The maximum absolute atomic E-state index is 14.5. The number of nitrogens with one attached hydrogen (secondary N) is 11. The first kappa shape index (κ1) is 78.4. The highest BCUT2D eigenvalue weighted by atomic mass is 16.4. The first-order chi connectivity index (χ1) is 41.4. The number of hydrogen-bond acceptors (Lipinski definition) is 18. The lowest BCUT2D eigenvalue weighted by Gasteiger charge is -2.31. The number of carboxylic acids is 5. The fourth-order valence-electron chi connectivity index (χ4n) is 8.65. The van der Waals surface area contributed by atoms with E-state index < -0.39 is 192 Å². The van der Waals surface area contributed by atoms with Crippen molar-refractivity contribution in [1.29, 1.82) is 0 Å². The van der Waals surface area contributed by atoms with Gasteiger partial charge >= 0.3 is 29.8 Å². The molecule has 0 saturated carbocycles. The maximum atomic E-state index is 14.5. The predicted molar refractivity (Wildman–Crippen MR) is 314 cm³/mol. The molecule has 0 aromatic carbocycles. The van der Waals surface area contributed by atoms with Crippen LogP contribution in [0, 0.1) is 35.5 Å². The van der Waals surface area contributed by atoms with Crippen molar-refractivity contribution in [2.75, 3.05) is 19.6 Å². The van der Waals surface area contributed by atoms with Gasteiger partial charge in [-0.1, -0.05) is 66.7 Å². The van der Waals surface area contributed by atoms with E-state index in [-0.39, 0.29) is 31.7 Å². The summed E-state index contributed by atoms with van der Waals surface area (Å²) in [6.45, 7) is 14.6. The molecule has 0 aliphatic carbocycles. The molecule has 0 bridgehead atoms. The van der Waals surface area contributed by atoms with Crippen LogP contribution in [-0.4, -0.2) is 206 Å². The molecule has 1 aliphatic heterocycles. The monoisotopic (exact) mass is 1270 g/mol. The molecule has 33 heteroatoms. The second-order valence-corrected chi connectivity index (χ2v) is 22.9. The molecule has 1 aliphatic rings. The molecule has 4 unspecified atom stereocenters. The van der Waals surface area contributed by atoms with Crippen molar-refractivity contribution < 1.29 is 103 Å². The van der Waals surface area contributed by atoms with Gasteiger partial charge in [-0.05, 0) is 96.1 Å². The van der Waals surface area contributed by atoms with Gasteiger partial charge < -0.3 is 94.9 Å². The molecule has 19 N–H and O–H groups in total. The van der Waals surface area contributed by atoms with E-state index in [1.807, 2.05) is 48.1 Å². The lowest BCUT2D eigenvalue weighted by atomic mass is 9.98. The zero-order valence-electron chi connectivity index (χ0n) is 51.6. The smallest absolute Gasteiger partial charge is 0.335 e. The van der Waals surface area contributed by atoms with E-state index >= 15 is 0 Å². The van der Waals surface area contributed by atoms with Gasteiger partial charge in [0.15, 0.2) is 6.10 Å². The van der Waals surface area contributed by atoms with Crippen LogP contribution in [-0.2, 0) is 71.9 Å². The number of aliphatic hydroxyl groups excluding tert-OH is 1. The van der Waals surface area contributed by atoms with E-state index in [1.54, 1.807) is 6.08 Å². The van der Waals surface area contributed by atoms with E-state index in [1.165, 1.54) is 40.7 Å². The number of aliphatic carboxylic acids is 5. The van der Waals surface area contributed by atoms with Crippen LogP contribution in [0.1, 0.15) is 114 Å². The summed E-state index contributed by atoms with van der Waals surface area (Å²) < 4.78 is 0. The highest BCUT2D eigenvalue weighted by molar-refractivity contribution is 6.01. The van der Waals surface area contributed by atoms with Gasteiger partial charge in [0.25, 0.3) is 0 Å². The SMILES string of the molecule is CC(C)CC/C=C\C=C\C(=O)N[C@H](C(=O)N[C@H](C(=O)N[C@@H](C(=O)N[C@@H](CCCCN)C(=O)N[C@H](C(=O)N[C@@H](CC(=O)O)C(=O)NCC(=O)N[C@@H](C(=O)N[C@H](C(=O)O)C(C)C)C(C)C(=O)O)C(O)C(=O)O)C(C)C)C(C)NC(=O)[C@@H]1C[C@@H](C)CN1)C(C)C(=O)O. The third-order valence-electron chi connectivity index (χ3n) is 14.1. The Morgan fingerprint density at radius 1 is 0.528 bits per heavy atom. The Hall–Kier alpha value is -8.59. The van der Waals surface area contributed by atoms with Crippen molar-refractivity contribution in [3.63, 3.8) is 0 Å². The number of aliphatic hydroxyl groups is 1. The van der Waals surface area contributed by atoms with E-state index in [9.17, 15) is 103 Å². The van der Waals surface area contributed by atoms with E-state index in [0.717, 1.165) is 26.3 Å². The number of rotatable bonds is 40. The van der Waals surface area contributed by atoms with Crippen LogP contribution in [0.3, 0.4) is 0 Å². The number of amides is 10. The minimum Gasteiger partial charge on any atom is -0.481 e. The van der Waals surface area contributed by atoms with Gasteiger partial charge in [0.1, 0.15) is 48.3 Å². The minimum absolute atomic E-state index is 0.0490. The molecule has 14 atom stereocenters. The predicted octanol–water partition coefficient (Wildman–Crippen LogP) is -4.08. The lowest BCUT2D eigenvalue weighted by Crippen LogP contribution is -2.65. The Labute approximate surface area is 514 Å². The second-order valence-electron chi connectivity index (χ2n) is 22.9. The summed E-state index contributed by atoms with van der Waals surface area (Å²) in [7, 11) is 0. The third kappa shape index (κ3) is 27.6. The number of carbonyl (C=O) groups is 15. The zero-order valence-corrected chi connectivity index (χ0v) is 51.6. The van der Waals surface area contributed by atoms with E-state index in [0.29, 0.717) is 25.3 Å². The molecular weight excluding hydrogens is 1180 g/mol. The molecule has 0 aromatic rings. The summed E-state index contributed by atoms with van der Waals surface area (Å²) in [6, 6.07) is -17.4. The highest BCUT2D eigenvalue weighted by Gasteiger charge is 2.42. The Bertz CT molecular complexity index is 2600. The first-order valence-electron chi connectivity index (χ1n) is 29.0. The second kappa shape index (κ2) is 38.6. The number of carbonyl (C=O) groups excluding carboxylic acids is 10. The van der Waals surface area contributed by atoms with Crippen molar-refractivity contribution >= 4 is 88.9 Å². The zero-order chi connectivity index (χ0) is 68.2. The van der Waals surface area contributed by atoms with E-state index in [2.05, 4.69) is 37.2 Å². The topological polar surface area (TPSA) is 536 Å². The van der Waals surface area contributed by atoms with Crippen LogP contribution >= 0.6 is 0 Å². The molecule has 0 aromatic heterocycles. The fourth-order valence-corrected chi connectivity index (χ4v) is 8.65. The lowest BCUT2D eigenvalue weighted by molar-refractivity contribution is -0.153. The summed E-state index contributed by atoms with van der Waals surface area (Å²) >= 11 is 0. The Morgan fingerprint density at radius 3 is 1.53 bits per heavy atom. The molecule has 1 saturated heterocycles. The van der Waals surface area contributed by atoms with Crippen molar-refractivity contribution in [2.45, 2.75) is 181 Å². The van der Waals surface area contributed by atoms with Crippen molar-refractivity contribution in [2.24, 2.45) is 41.2 Å². The van der Waals surface area contributed by atoms with Crippen LogP contribution < -0.4 is 64.2 Å². The molecule has 89 heavy (non-hydrogen) atoms. The van der Waals surface area contributed by atoms with Crippen LogP contribution in [0.2, 0.25) is 0 Å². The maximum Gasteiger partial charge on any atom is 0.335 e. The normalized spacial score (nSPS) is 18.0. The van der Waals surface area contributed by atoms with Crippen molar-refractivity contribution in [3.05, 3.63) is 24.3 Å². The minimum atomic E-state index is -2.86. The Balaban J connectivity index is 3.64. The van der Waals surface area contributed by atoms with Gasteiger partial charge in [-0.25, -0.2) is 9.59 Å². The standard InChI is InChI=1S/C56H90N12O21/c1-25(2)17-13-11-12-14-19-35(69)63-40(29(8)53(82)83)50(79)67-42(31(10)60-47(76)33-21-28(7)23-58-33)51(80)65-38(26(3)4)48(77)61-32(18-15-16-20-57)46(75)68-43(44(73)56(88)89)52(81)62-34(22-37(71)72)45(74)59-24-36(70)64-41(30(9)54(84)85)49(78)66-39(27(5)6)55(86)87/h11-12,14,19,25-34,38-44,58,73H,13,15-18,20-24,57H2,1-10H3,(H,59,74)(H,60,76)(H,61,77)(H,62,81)(H,63,69)(H,64,70)(H,65,80)(H,66,78)(H,67,79)(H,68,75)(H,71,72)(H,82,83)(H,84,85)(H,86,87)(H,88,89)/b12-11-,19-14+/t28-,29?,30?,31?,32+,33+,34+,38-,39+,40+,41-,42+,43+,44?/m1/s1. The van der Waals surface area contributed by atoms with Crippen molar-refractivity contribution in [1.82, 2.24) is 58.5 Å². The molecule has 1 fully saturated rings. The summed E-state index contributed by atoms with van der Waals surface area (Å²) in [5, 5.41) is 84.6. The highest BCUT2D eigenvalue weighted by Crippen LogP contribution is 2.15. The molecule has 10 amide bonds. The number of allylic oxidation sites excluding steroid dienone is 3. The van der Waals surface area contributed by atoms with Crippen LogP contribution in [0.25, 0.3) is 0 Å². The van der Waals surface area contributed by atoms with E-state index in [4.69, 9.17) is 5.73 Å². The van der Waals surface area contributed by atoms with Gasteiger partial charge in [-0.2, -0.15) is 0 Å². The molecule has 1 rings (SSSR count). The Kier molecular flexibility index (Phi) is 34.0. The van der Waals surface area contributed by atoms with Gasteiger partial charge in [0, 0.05) is 6.08 Å². The Morgan fingerprint density at radius 2 is 1.03 bits per heavy atom. The molecule has 0 radical (unpaired) electrons. The summed E-state index contributed by atoms with van der Waals surface area (Å²) in [4.78, 5) is 197. The molecule has 0 spiro atoms. The summed E-state index contributed by atoms with van der Waals surface area (Å²) in [6.07, 6.45) is 3.61. The largest absolute Gasteiger partial charge is 0.481 e. The number of hydrogen-bond donors (Lipinski definition) is 18. The number of carboxylic acid groups (broad SMARTS) is 5. The third-order valence-corrected chi connectivity index (χ3v) is 14.1. The van der Waals surface area contributed by atoms with Crippen LogP contribution in [0.15, 0.2) is 24.3 Å². The van der Waals surface area contributed by atoms with Crippen molar-refractivity contribution in [3.8, 4) is 0 Å². The van der Waals surface area contributed by atoms with Gasteiger partial charge in [-0.15, -0.1) is 0 Å². The average molecular weight is 1270 g/mol.